The molecule has 21 heavy (non-hydrogen) atoms. The summed E-state index contributed by atoms with van der Waals surface area (Å²) in [7, 11) is 3.48. The minimum absolute atomic E-state index is 0.000544. The van der Waals surface area contributed by atoms with Gasteiger partial charge in [0.05, 0.1) is 18.7 Å². The summed E-state index contributed by atoms with van der Waals surface area (Å²) in [5.74, 6) is 0.848. The van der Waals surface area contributed by atoms with Gasteiger partial charge in [0.15, 0.2) is 0 Å². The quantitative estimate of drug-likeness (QED) is 0.729. The average Bonchev–Trinajstić information content (AvgIpc) is 2.53. The van der Waals surface area contributed by atoms with E-state index in [0.717, 1.165) is 20.4 Å². The first kappa shape index (κ1) is 15.8. The number of benzene rings is 2. The molecule has 2 aromatic carbocycles. The first-order chi connectivity index (χ1) is 10.0. The molecular formula is C17H18INO2. The molecule has 3 nitrogen and oxygen atoms in total. The van der Waals surface area contributed by atoms with Crippen LogP contribution in [0.25, 0.3) is 0 Å². The normalized spacial score (nSPS) is 11.8. The van der Waals surface area contributed by atoms with Crippen LogP contribution in [0.1, 0.15) is 28.9 Å². The van der Waals surface area contributed by atoms with E-state index in [2.05, 4.69) is 22.6 Å². The van der Waals surface area contributed by atoms with Crippen LogP contribution in [0.5, 0.6) is 5.75 Å². The second-order valence-corrected chi connectivity index (χ2v) is 6.01. The molecule has 1 amide bonds. The Morgan fingerprint density at radius 1 is 1.14 bits per heavy atom. The first-order valence-corrected chi connectivity index (χ1v) is 7.78. The van der Waals surface area contributed by atoms with Gasteiger partial charge in [-0.05, 0) is 59.3 Å². The molecule has 110 valence electrons. The number of halogens is 1. The van der Waals surface area contributed by atoms with Crippen molar-refractivity contribution in [3.05, 3.63) is 63.2 Å². The third-order valence-corrected chi connectivity index (χ3v) is 4.54. The molecule has 0 bridgehead atoms. The van der Waals surface area contributed by atoms with E-state index in [-0.39, 0.29) is 11.9 Å². The van der Waals surface area contributed by atoms with E-state index in [1.54, 1.807) is 12.0 Å². The van der Waals surface area contributed by atoms with Crippen molar-refractivity contribution in [3.8, 4) is 5.75 Å². The number of carbonyl (C=O) groups excluding carboxylic acids is 1. The fraction of sp³-hybridized carbons (Fsp3) is 0.235. The fourth-order valence-electron chi connectivity index (χ4n) is 2.11. The van der Waals surface area contributed by atoms with E-state index in [1.165, 1.54) is 0 Å². The Hall–Kier alpha value is -1.56. The molecular weight excluding hydrogens is 377 g/mol. The Balaban J connectivity index is 2.20. The van der Waals surface area contributed by atoms with Crippen molar-refractivity contribution < 1.29 is 9.53 Å². The largest absolute Gasteiger partial charge is 0.497 e. The predicted molar refractivity (Wildman–Crippen MR) is 92.7 cm³/mol. The molecule has 0 saturated heterocycles. The highest BCUT2D eigenvalue weighted by atomic mass is 127. The van der Waals surface area contributed by atoms with Gasteiger partial charge >= 0.3 is 0 Å². The molecule has 2 aromatic rings. The van der Waals surface area contributed by atoms with Gasteiger partial charge in [0, 0.05) is 10.6 Å². The van der Waals surface area contributed by atoms with E-state index in [1.807, 2.05) is 62.5 Å². The maximum absolute atomic E-state index is 12.6. The SMILES string of the molecule is COc1ccc(C(C)N(C)C(=O)c2ccccc2I)cc1. The van der Waals surface area contributed by atoms with Crippen LogP contribution in [0.2, 0.25) is 0 Å². The van der Waals surface area contributed by atoms with Crippen molar-refractivity contribution in [2.75, 3.05) is 14.2 Å². The van der Waals surface area contributed by atoms with Gasteiger partial charge in [-0.15, -0.1) is 0 Å². The number of hydrogen-bond acceptors (Lipinski definition) is 2. The Morgan fingerprint density at radius 2 is 1.76 bits per heavy atom. The molecule has 4 heteroatoms. The summed E-state index contributed by atoms with van der Waals surface area (Å²) in [6, 6.07) is 15.4. The number of ether oxygens (including phenoxy) is 1. The van der Waals surface area contributed by atoms with Crippen molar-refractivity contribution in [1.29, 1.82) is 0 Å². The third-order valence-electron chi connectivity index (χ3n) is 3.60. The highest BCUT2D eigenvalue weighted by molar-refractivity contribution is 14.1. The molecule has 1 unspecified atom stereocenters. The van der Waals surface area contributed by atoms with Crippen molar-refractivity contribution >= 4 is 28.5 Å². The van der Waals surface area contributed by atoms with Crippen LogP contribution in [0.4, 0.5) is 0 Å². The fourth-order valence-corrected chi connectivity index (χ4v) is 2.72. The van der Waals surface area contributed by atoms with Gasteiger partial charge < -0.3 is 9.64 Å². The smallest absolute Gasteiger partial charge is 0.255 e. The monoisotopic (exact) mass is 395 g/mol. The lowest BCUT2D eigenvalue weighted by Crippen LogP contribution is -2.30. The summed E-state index contributed by atoms with van der Waals surface area (Å²) >= 11 is 2.19. The summed E-state index contributed by atoms with van der Waals surface area (Å²) in [4.78, 5) is 14.4. The zero-order chi connectivity index (χ0) is 15.4. The number of carbonyl (C=O) groups is 1. The predicted octanol–water partition coefficient (Wildman–Crippen LogP) is 4.13. The molecule has 0 aromatic heterocycles. The van der Waals surface area contributed by atoms with Crippen molar-refractivity contribution in [2.24, 2.45) is 0 Å². The van der Waals surface area contributed by atoms with Gasteiger partial charge in [-0.3, -0.25) is 4.79 Å². The van der Waals surface area contributed by atoms with Gasteiger partial charge in [-0.25, -0.2) is 0 Å². The summed E-state index contributed by atoms with van der Waals surface area (Å²) in [5.41, 5.74) is 1.82. The zero-order valence-electron chi connectivity index (χ0n) is 12.3. The Morgan fingerprint density at radius 3 is 2.33 bits per heavy atom. The second-order valence-electron chi connectivity index (χ2n) is 4.85. The number of methoxy groups -OCH3 is 1. The average molecular weight is 395 g/mol. The molecule has 0 saturated carbocycles. The van der Waals surface area contributed by atoms with Crippen LogP contribution < -0.4 is 4.74 Å². The lowest BCUT2D eigenvalue weighted by Gasteiger charge is -2.26. The summed E-state index contributed by atoms with van der Waals surface area (Å²) < 4.78 is 6.13. The zero-order valence-corrected chi connectivity index (χ0v) is 14.5. The third kappa shape index (κ3) is 3.56. The van der Waals surface area contributed by atoms with Crippen LogP contribution >= 0.6 is 22.6 Å². The molecule has 1 atom stereocenters. The number of amides is 1. The first-order valence-electron chi connectivity index (χ1n) is 6.70. The second kappa shape index (κ2) is 6.93. The minimum atomic E-state index is -0.000544. The molecule has 0 spiro atoms. The van der Waals surface area contributed by atoms with Gasteiger partial charge in [0.1, 0.15) is 5.75 Å². The van der Waals surface area contributed by atoms with Crippen LogP contribution in [0.15, 0.2) is 48.5 Å². The van der Waals surface area contributed by atoms with E-state index < -0.39 is 0 Å². The number of nitrogens with zero attached hydrogens (tertiary/aromatic N) is 1. The molecule has 0 radical (unpaired) electrons. The lowest BCUT2D eigenvalue weighted by atomic mass is 10.1. The highest BCUT2D eigenvalue weighted by Gasteiger charge is 2.20. The highest BCUT2D eigenvalue weighted by Crippen LogP contribution is 2.24. The van der Waals surface area contributed by atoms with Gasteiger partial charge in [0.25, 0.3) is 5.91 Å². The summed E-state index contributed by atoms with van der Waals surface area (Å²) in [6.45, 7) is 2.02. The molecule has 2 rings (SSSR count). The standard InChI is InChI=1S/C17H18INO2/c1-12(13-8-10-14(21-3)11-9-13)19(2)17(20)15-6-4-5-7-16(15)18/h4-12H,1-3H3. The van der Waals surface area contributed by atoms with E-state index in [9.17, 15) is 4.79 Å². The van der Waals surface area contributed by atoms with Gasteiger partial charge in [-0.1, -0.05) is 24.3 Å². The Kier molecular flexibility index (Phi) is 5.22. The van der Waals surface area contributed by atoms with E-state index in [0.29, 0.717) is 0 Å². The maximum atomic E-state index is 12.6. The number of rotatable bonds is 4. The summed E-state index contributed by atoms with van der Waals surface area (Å²) in [5, 5.41) is 0. The van der Waals surface area contributed by atoms with Crippen LogP contribution in [-0.4, -0.2) is 25.0 Å². The molecule has 0 aliphatic rings. The molecule has 0 aliphatic carbocycles. The van der Waals surface area contributed by atoms with Crippen LogP contribution in [0.3, 0.4) is 0 Å². The van der Waals surface area contributed by atoms with Crippen LogP contribution in [-0.2, 0) is 0 Å². The summed E-state index contributed by atoms with van der Waals surface area (Å²) in [6.07, 6.45) is 0. The maximum Gasteiger partial charge on any atom is 0.255 e. The van der Waals surface area contributed by atoms with Crippen molar-refractivity contribution in [3.63, 3.8) is 0 Å². The Labute approximate surface area is 139 Å². The van der Waals surface area contributed by atoms with E-state index in [4.69, 9.17) is 4.74 Å². The molecule has 0 heterocycles. The topological polar surface area (TPSA) is 29.5 Å². The molecule has 0 N–H and O–H groups in total. The van der Waals surface area contributed by atoms with Crippen molar-refractivity contribution in [2.45, 2.75) is 13.0 Å². The Bertz CT molecular complexity index is 625. The lowest BCUT2D eigenvalue weighted by molar-refractivity contribution is 0.0741. The molecule has 0 fully saturated rings. The number of hydrogen-bond donors (Lipinski definition) is 0. The van der Waals surface area contributed by atoms with Gasteiger partial charge in [-0.2, -0.15) is 0 Å². The minimum Gasteiger partial charge on any atom is -0.497 e. The van der Waals surface area contributed by atoms with Crippen molar-refractivity contribution in [1.82, 2.24) is 4.90 Å². The van der Waals surface area contributed by atoms with Gasteiger partial charge in [0.2, 0.25) is 0 Å². The van der Waals surface area contributed by atoms with E-state index >= 15 is 0 Å². The molecule has 0 aliphatic heterocycles. The van der Waals surface area contributed by atoms with Crippen LogP contribution in [0, 0.1) is 3.57 Å².